The molecular weight excluding hydrogens is 246 g/mol. The van der Waals surface area contributed by atoms with Gasteiger partial charge in [-0.1, -0.05) is 11.3 Å². The number of rotatable bonds is 6. The lowest BCUT2D eigenvalue weighted by Gasteiger charge is -2.09. The van der Waals surface area contributed by atoms with Crippen LogP contribution in [-0.4, -0.2) is 40.9 Å². The second kappa shape index (κ2) is 6.19. The molecule has 0 radical (unpaired) electrons. The van der Waals surface area contributed by atoms with Crippen molar-refractivity contribution in [3.8, 4) is 11.5 Å². The average molecular weight is 263 g/mol. The maximum absolute atomic E-state index is 8.84. The molecule has 102 valence electrons. The number of aliphatic hydroxyl groups excluding tert-OH is 1. The van der Waals surface area contributed by atoms with E-state index in [2.05, 4.69) is 10.3 Å². The smallest absolute Gasteiger partial charge is 0.161 e. The van der Waals surface area contributed by atoms with Crippen molar-refractivity contribution in [3.63, 3.8) is 0 Å². The number of benzene rings is 1. The van der Waals surface area contributed by atoms with Gasteiger partial charge in [0, 0.05) is 19.2 Å². The van der Waals surface area contributed by atoms with Crippen LogP contribution < -0.4 is 9.47 Å². The van der Waals surface area contributed by atoms with E-state index >= 15 is 0 Å². The fourth-order valence-electron chi connectivity index (χ4n) is 1.81. The van der Waals surface area contributed by atoms with Gasteiger partial charge in [0.05, 0.1) is 26.5 Å². The Morgan fingerprint density at radius 3 is 2.68 bits per heavy atom. The first kappa shape index (κ1) is 13.4. The first-order valence-corrected chi connectivity index (χ1v) is 5.97. The third-order valence-corrected chi connectivity index (χ3v) is 2.75. The SMILES string of the molecule is COc1ccc(Cn2cc(CCO)nn2)cc1OC. The lowest BCUT2D eigenvalue weighted by Crippen LogP contribution is -2.01. The number of nitrogens with zero attached hydrogens (tertiary/aromatic N) is 3. The molecular formula is C13H17N3O3. The zero-order chi connectivity index (χ0) is 13.7. The van der Waals surface area contributed by atoms with Crippen LogP contribution in [0.5, 0.6) is 11.5 Å². The van der Waals surface area contributed by atoms with Crippen molar-refractivity contribution in [1.29, 1.82) is 0 Å². The monoisotopic (exact) mass is 263 g/mol. The van der Waals surface area contributed by atoms with E-state index in [1.807, 2.05) is 24.4 Å². The summed E-state index contributed by atoms with van der Waals surface area (Å²) in [6, 6.07) is 5.72. The van der Waals surface area contributed by atoms with E-state index in [1.54, 1.807) is 18.9 Å². The molecule has 6 heteroatoms. The van der Waals surface area contributed by atoms with Crippen molar-refractivity contribution in [2.75, 3.05) is 20.8 Å². The Morgan fingerprint density at radius 1 is 1.21 bits per heavy atom. The highest BCUT2D eigenvalue weighted by atomic mass is 16.5. The summed E-state index contributed by atoms with van der Waals surface area (Å²) in [6.45, 7) is 0.674. The van der Waals surface area contributed by atoms with Crippen LogP contribution >= 0.6 is 0 Å². The Balaban J connectivity index is 2.13. The highest BCUT2D eigenvalue weighted by Crippen LogP contribution is 2.27. The summed E-state index contributed by atoms with van der Waals surface area (Å²) in [5.41, 5.74) is 1.82. The molecule has 1 aromatic carbocycles. The molecule has 0 aliphatic carbocycles. The topological polar surface area (TPSA) is 69.4 Å². The van der Waals surface area contributed by atoms with Crippen molar-refractivity contribution in [2.24, 2.45) is 0 Å². The van der Waals surface area contributed by atoms with Gasteiger partial charge < -0.3 is 14.6 Å². The van der Waals surface area contributed by atoms with Crippen molar-refractivity contribution in [2.45, 2.75) is 13.0 Å². The van der Waals surface area contributed by atoms with Crippen LogP contribution in [0.1, 0.15) is 11.3 Å². The van der Waals surface area contributed by atoms with Crippen LogP contribution in [0, 0.1) is 0 Å². The molecule has 0 aliphatic rings. The lowest BCUT2D eigenvalue weighted by atomic mass is 10.2. The molecule has 0 unspecified atom stereocenters. The van der Waals surface area contributed by atoms with E-state index < -0.39 is 0 Å². The number of aliphatic hydroxyl groups is 1. The summed E-state index contributed by atoms with van der Waals surface area (Å²) in [7, 11) is 3.21. The molecule has 0 atom stereocenters. The molecule has 0 aliphatic heterocycles. The molecule has 2 aromatic rings. The maximum atomic E-state index is 8.84. The zero-order valence-corrected chi connectivity index (χ0v) is 11.0. The summed E-state index contributed by atoms with van der Waals surface area (Å²) in [4.78, 5) is 0. The largest absolute Gasteiger partial charge is 0.493 e. The van der Waals surface area contributed by atoms with Crippen molar-refractivity contribution >= 4 is 0 Å². The van der Waals surface area contributed by atoms with Gasteiger partial charge in [0.15, 0.2) is 11.5 Å². The molecule has 0 bridgehead atoms. The van der Waals surface area contributed by atoms with Crippen molar-refractivity contribution in [3.05, 3.63) is 35.7 Å². The van der Waals surface area contributed by atoms with E-state index in [0.29, 0.717) is 24.5 Å². The molecule has 0 saturated carbocycles. The van der Waals surface area contributed by atoms with Gasteiger partial charge >= 0.3 is 0 Å². The molecule has 2 rings (SSSR count). The average Bonchev–Trinajstić information content (AvgIpc) is 2.86. The fourth-order valence-corrected chi connectivity index (χ4v) is 1.81. The van der Waals surface area contributed by atoms with Gasteiger partial charge in [0.2, 0.25) is 0 Å². The van der Waals surface area contributed by atoms with Crippen molar-refractivity contribution < 1.29 is 14.6 Å². The van der Waals surface area contributed by atoms with Crippen LogP contribution in [0.4, 0.5) is 0 Å². The van der Waals surface area contributed by atoms with Gasteiger partial charge in [-0.3, -0.25) is 0 Å². The number of methoxy groups -OCH3 is 2. The number of aromatic nitrogens is 3. The number of ether oxygens (including phenoxy) is 2. The van der Waals surface area contributed by atoms with E-state index in [9.17, 15) is 0 Å². The predicted octanol–water partition coefficient (Wildman–Crippen LogP) is 0.878. The summed E-state index contributed by atoms with van der Waals surface area (Å²) in [5, 5.41) is 16.8. The second-order valence-electron chi connectivity index (χ2n) is 4.07. The Hall–Kier alpha value is -2.08. The minimum Gasteiger partial charge on any atom is -0.493 e. The molecule has 19 heavy (non-hydrogen) atoms. The molecule has 1 heterocycles. The van der Waals surface area contributed by atoms with Gasteiger partial charge in [-0.15, -0.1) is 5.10 Å². The van der Waals surface area contributed by atoms with Gasteiger partial charge in [0.25, 0.3) is 0 Å². The first-order chi connectivity index (χ1) is 9.26. The van der Waals surface area contributed by atoms with Crippen LogP contribution in [0.25, 0.3) is 0 Å². The van der Waals surface area contributed by atoms with Gasteiger partial charge in [-0.2, -0.15) is 0 Å². The molecule has 1 aromatic heterocycles. The second-order valence-corrected chi connectivity index (χ2v) is 4.07. The van der Waals surface area contributed by atoms with E-state index in [4.69, 9.17) is 14.6 Å². The Morgan fingerprint density at radius 2 is 2.00 bits per heavy atom. The van der Waals surface area contributed by atoms with Crippen molar-refractivity contribution in [1.82, 2.24) is 15.0 Å². The first-order valence-electron chi connectivity index (χ1n) is 5.97. The Bertz CT molecular complexity index is 540. The van der Waals surface area contributed by atoms with Gasteiger partial charge in [0.1, 0.15) is 0 Å². The predicted molar refractivity (Wildman–Crippen MR) is 69.5 cm³/mol. The minimum absolute atomic E-state index is 0.0784. The number of hydrogen-bond acceptors (Lipinski definition) is 5. The van der Waals surface area contributed by atoms with E-state index in [0.717, 1.165) is 11.3 Å². The van der Waals surface area contributed by atoms with Crippen LogP contribution in [-0.2, 0) is 13.0 Å². The van der Waals surface area contributed by atoms with E-state index in [-0.39, 0.29) is 6.61 Å². The molecule has 0 saturated heterocycles. The summed E-state index contributed by atoms with van der Waals surface area (Å²) in [5.74, 6) is 1.39. The summed E-state index contributed by atoms with van der Waals surface area (Å²) < 4.78 is 12.2. The highest BCUT2D eigenvalue weighted by Gasteiger charge is 2.06. The highest BCUT2D eigenvalue weighted by molar-refractivity contribution is 5.42. The number of hydrogen-bond donors (Lipinski definition) is 1. The third kappa shape index (κ3) is 3.23. The fraction of sp³-hybridized carbons (Fsp3) is 0.385. The Kier molecular flexibility index (Phi) is 4.35. The third-order valence-electron chi connectivity index (χ3n) is 2.75. The molecule has 6 nitrogen and oxygen atoms in total. The van der Waals surface area contributed by atoms with Crippen LogP contribution in [0.15, 0.2) is 24.4 Å². The maximum Gasteiger partial charge on any atom is 0.161 e. The molecule has 0 amide bonds. The van der Waals surface area contributed by atoms with Gasteiger partial charge in [-0.25, -0.2) is 4.68 Å². The van der Waals surface area contributed by atoms with Crippen LogP contribution in [0.2, 0.25) is 0 Å². The summed E-state index contributed by atoms with van der Waals surface area (Å²) in [6.07, 6.45) is 2.35. The normalized spacial score (nSPS) is 10.5. The lowest BCUT2D eigenvalue weighted by molar-refractivity contribution is 0.298. The van der Waals surface area contributed by atoms with Gasteiger partial charge in [-0.05, 0) is 17.7 Å². The molecule has 1 N–H and O–H groups in total. The van der Waals surface area contributed by atoms with E-state index in [1.165, 1.54) is 0 Å². The standard InChI is InChI=1S/C13H17N3O3/c1-18-12-4-3-10(7-13(12)19-2)8-16-9-11(5-6-17)14-15-16/h3-4,7,9,17H,5-6,8H2,1-2H3. The zero-order valence-electron chi connectivity index (χ0n) is 11.0. The van der Waals surface area contributed by atoms with Crippen LogP contribution in [0.3, 0.4) is 0 Å². The Labute approximate surface area is 111 Å². The molecule has 0 spiro atoms. The summed E-state index contributed by atoms with van der Waals surface area (Å²) >= 11 is 0. The minimum atomic E-state index is 0.0784. The quantitative estimate of drug-likeness (QED) is 0.837. The molecule has 0 fully saturated rings.